The molecule has 2 aliphatic rings. The Labute approximate surface area is 119 Å². The molecule has 6 nitrogen and oxygen atoms in total. The maximum atomic E-state index is 12.1. The van der Waals surface area contributed by atoms with Crippen LogP contribution >= 0.6 is 0 Å². The Hall–Kier alpha value is -1.16. The summed E-state index contributed by atoms with van der Waals surface area (Å²) in [6.07, 6.45) is 4.01. The van der Waals surface area contributed by atoms with E-state index in [1.165, 1.54) is 0 Å². The van der Waals surface area contributed by atoms with Crippen LogP contribution in [0.25, 0.3) is 0 Å². The van der Waals surface area contributed by atoms with Crippen LogP contribution in [0.4, 0.5) is 0 Å². The number of nitrogens with one attached hydrogen (secondary N) is 1. The molecule has 1 aliphatic carbocycles. The minimum absolute atomic E-state index is 0.123. The minimum atomic E-state index is -0.786. The summed E-state index contributed by atoms with van der Waals surface area (Å²) < 4.78 is 0. The highest BCUT2D eigenvalue weighted by atomic mass is 16.3. The molecule has 0 radical (unpaired) electrons. The van der Waals surface area contributed by atoms with Crippen molar-refractivity contribution in [3.05, 3.63) is 0 Å². The summed E-state index contributed by atoms with van der Waals surface area (Å²) in [5.74, 6) is -0.199. The molecule has 3 N–H and O–H groups in total. The molecule has 2 rings (SSSR count). The monoisotopic (exact) mass is 281 g/mol. The molecular formula is C14H23N3O3. The van der Waals surface area contributed by atoms with Gasteiger partial charge in [-0.2, -0.15) is 5.26 Å². The molecule has 1 saturated carbocycles. The van der Waals surface area contributed by atoms with Crippen LogP contribution in [-0.4, -0.2) is 58.4 Å². The number of aliphatic hydroxyl groups excluding tert-OH is 2. The predicted molar refractivity (Wildman–Crippen MR) is 72.6 cm³/mol. The summed E-state index contributed by atoms with van der Waals surface area (Å²) in [5.41, 5.74) is -0.732. The molecule has 20 heavy (non-hydrogen) atoms. The second kappa shape index (κ2) is 6.53. The summed E-state index contributed by atoms with van der Waals surface area (Å²) in [4.78, 5) is 13.8. The van der Waals surface area contributed by atoms with Crippen molar-refractivity contribution in [3.8, 4) is 6.07 Å². The second-order valence-electron chi connectivity index (χ2n) is 5.99. The first-order valence-corrected chi connectivity index (χ1v) is 7.35. The standard InChI is InChI=1S/C14H23N3O3/c15-10-14(5-3-1-2-4-6-14)16-13(20)9-17-7-11(18)12(19)8-17/h11-12,18-19H,1-9H2,(H,16,20)/t11-,12+. The van der Waals surface area contributed by atoms with Gasteiger partial charge in [-0.15, -0.1) is 0 Å². The van der Waals surface area contributed by atoms with Crippen LogP contribution in [0.2, 0.25) is 0 Å². The van der Waals surface area contributed by atoms with Gasteiger partial charge >= 0.3 is 0 Å². The number of β-amino-alcohol motifs (C(OH)–C–C–N with tert-alkyl or cyclic N) is 2. The number of likely N-dealkylation sites (tertiary alicyclic amines) is 1. The zero-order chi connectivity index (χ0) is 14.6. The van der Waals surface area contributed by atoms with E-state index < -0.39 is 17.7 Å². The first-order valence-electron chi connectivity index (χ1n) is 7.35. The number of aliphatic hydroxyl groups is 2. The average Bonchev–Trinajstić information content (AvgIpc) is 2.62. The quantitative estimate of drug-likeness (QED) is 0.620. The van der Waals surface area contributed by atoms with Crippen LogP contribution in [0.5, 0.6) is 0 Å². The van der Waals surface area contributed by atoms with Crippen molar-refractivity contribution in [3.63, 3.8) is 0 Å². The molecule has 1 heterocycles. The third kappa shape index (κ3) is 3.69. The number of hydrogen-bond acceptors (Lipinski definition) is 5. The van der Waals surface area contributed by atoms with E-state index in [2.05, 4.69) is 11.4 Å². The summed E-state index contributed by atoms with van der Waals surface area (Å²) in [5, 5.41) is 31.2. The topological polar surface area (TPSA) is 96.6 Å². The SMILES string of the molecule is N#CC1(NC(=O)CN2C[C@@H](O)[C@@H](O)C2)CCCCCC1. The first-order chi connectivity index (χ1) is 9.54. The van der Waals surface area contributed by atoms with E-state index in [0.29, 0.717) is 25.9 Å². The molecule has 1 saturated heterocycles. The zero-order valence-electron chi connectivity index (χ0n) is 11.7. The van der Waals surface area contributed by atoms with E-state index >= 15 is 0 Å². The Bertz CT molecular complexity index is 376. The maximum absolute atomic E-state index is 12.1. The highest BCUT2D eigenvalue weighted by molar-refractivity contribution is 5.79. The molecule has 0 unspecified atom stereocenters. The molecule has 0 bridgehead atoms. The van der Waals surface area contributed by atoms with E-state index in [0.717, 1.165) is 25.7 Å². The lowest BCUT2D eigenvalue weighted by atomic mass is 9.92. The molecule has 0 aromatic carbocycles. The van der Waals surface area contributed by atoms with E-state index in [1.807, 2.05) is 0 Å². The number of hydrogen-bond donors (Lipinski definition) is 3. The number of carbonyl (C=O) groups is 1. The molecule has 112 valence electrons. The normalized spacial score (nSPS) is 30.4. The molecule has 2 atom stereocenters. The van der Waals surface area contributed by atoms with Crippen LogP contribution in [0, 0.1) is 11.3 Å². The van der Waals surface area contributed by atoms with E-state index in [4.69, 9.17) is 0 Å². The summed E-state index contributed by atoms with van der Waals surface area (Å²) in [7, 11) is 0. The Morgan fingerprint density at radius 2 is 1.75 bits per heavy atom. The molecule has 1 aliphatic heterocycles. The first kappa shape index (κ1) is 15.2. The fourth-order valence-corrected chi connectivity index (χ4v) is 3.08. The summed E-state index contributed by atoms with van der Waals surface area (Å²) in [6, 6.07) is 2.28. The predicted octanol–water partition coefficient (Wildman–Crippen LogP) is -0.243. The highest BCUT2D eigenvalue weighted by Gasteiger charge is 2.35. The number of rotatable bonds is 3. The maximum Gasteiger partial charge on any atom is 0.235 e. The van der Waals surface area contributed by atoms with Crippen LogP contribution in [0.15, 0.2) is 0 Å². The summed E-state index contributed by atoms with van der Waals surface area (Å²) in [6.45, 7) is 0.722. The Kier molecular flexibility index (Phi) is 4.97. The van der Waals surface area contributed by atoms with Gasteiger partial charge in [-0.1, -0.05) is 25.7 Å². The van der Waals surface area contributed by atoms with E-state index in [9.17, 15) is 20.3 Å². The minimum Gasteiger partial charge on any atom is -0.389 e. The van der Waals surface area contributed by atoms with Crippen molar-refractivity contribution >= 4 is 5.91 Å². The Balaban J connectivity index is 1.88. The number of nitrogens with zero attached hydrogens (tertiary/aromatic N) is 2. The fourth-order valence-electron chi connectivity index (χ4n) is 3.08. The van der Waals surface area contributed by atoms with E-state index in [-0.39, 0.29) is 12.5 Å². The van der Waals surface area contributed by atoms with Gasteiger partial charge in [0.2, 0.25) is 5.91 Å². The lowest BCUT2D eigenvalue weighted by molar-refractivity contribution is -0.123. The molecule has 2 fully saturated rings. The van der Waals surface area contributed by atoms with Crippen molar-refractivity contribution in [2.45, 2.75) is 56.3 Å². The van der Waals surface area contributed by atoms with Crippen LogP contribution in [-0.2, 0) is 4.79 Å². The van der Waals surface area contributed by atoms with Crippen molar-refractivity contribution in [2.75, 3.05) is 19.6 Å². The number of amides is 1. The number of nitriles is 1. The van der Waals surface area contributed by atoms with Gasteiger partial charge < -0.3 is 15.5 Å². The smallest absolute Gasteiger partial charge is 0.235 e. The molecule has 6 heteroatoms. The summed E-state index contributed by atoms with van der Waals surface area (Å²) >= 11 is 0. The van der Waals surface area contributed by atoms with Gasteiger partial charge in [-0.05, 0) is 12.8 Å². The largest absolute Gasteiger partial charge is 0.389 e. The zero-order valence-corrected chi connectivity index (χ0v) is 11.7. The number of carbonyl (C=O) groups excluding carboxylic acids is 1. The lowest BCUT2D eigenvalue weighted by Crippen LogP contribution is -2.50. The Morgan fingerprint density at radius 3 is 2.25 bits per heavy atom. The van der Waals surface area contributed by atoms with Gasteiger partial charge in [-0.3, -0.25) is 9.69 Å². The van der Waals surface area contributed by atoms with E-state index in [1.54, 1.807) is 4.90 Å². The fraction of sp³-hybridized carbons (Fsp3) is 0.857. The lowest BCUT2D eigenvalue weighted by Gasteiger charge is -2.27. The highest BCUT2D eigenvalue weighted by Crippen LogP contribution is 2.26. The third-order valence-corrected chi connectivity index (χ3v) is 4.25. The van der Waals surface area contributed by atoms with Crippen molar-refractivity contribution in [1.29, 1.82) is 5.26 Å². The Morgan fingerprint density at radius 1 is 1.20 bits per heavy atom. The second-order valence-corrected chi connectivity index (χ2v) is 5.99. The van der Waals surface area contributed by atoms with Gasteiger partial charge in [0.05, 0.1) is 24.8 Å². The van der Waals surface area contributed by atoms with Gasteiger partial charge in [0.25, 0.3) is 0 Å². The van der Waals surface area contributed by atoms with Crippen molar-refractivity contribution < 1.29 is 15.0 Å². The average molecular weight is 281 g/mol. The van der Waals surface area contributed by atoms with Gasteiger partial charge in [-0.25, -0.2) is 0 Å². The van der Waals surface area contributed by atoms with Crippen LogP contribution < -0.4 is 5.32 Å². The molecule has 0 aromatic heterocycles. The van der Waals surface area contributed by atoms with Gasteiger partial charge in [0.1, 0.15) is 5.54 Å². The van der Waals surface area contributed by atoms with Crippen LogP contribution in [0.1, 0.15) is 38.5 Å². The molecule has 0 spiro atoms. The van der Waals surface area contributed by atoms with Crippen molar-refractivity contribution in [1.82, 2.24) is 10.2 Å². The molecular weight excluding hydrogens is 258 g/mol. The van der Waals surface area contributed by atoms with Crippen LogP contribution in [0.3, 0.4) is 0 Å². The van der Waals surface area contributed by atoms with Crippen molar-refractivity contribution in [2.24, 2.45) is 0 Å². The molecule has 1 amide bonds. The third-order valence-electron chi connectivity index (χ3n) is 4.25. The van der Waals surface area contributed by atoms with Gasteiger partial charge in [0.15, 0.2) is 0 Å². The molecule has 0 aromatic rings. The van der Waals surface area contributed by atoms with Gasteiger partial charge in [0, 0.05) is 13.1 Å².